The first-order valence-electron chi connectivity index (χ1n) is 6.09. The number of hydrogen-bond acceptors (Lipinski definition) is 4. The van der Waals surface area contributed by atoms with Gasteiger partial charge in [-0.1, -0.05) is 24.3 Å². The van der Waals surface area contributed by atoms with Crippen LogP contribution in [0.25, 0.3) is 0 Å². The summed E-state index contributed by atoms with van der Waals surface area (Å²) < 4.78 is 10.8. The lowest BCUT2D eigenvalue weighted by Gasteiger charge is -2.09. The average Bonchev–Trinajstić information content (AvgIpc) is 2.42. The van der Waals surface area contributed by atoms with E-state index in [1.165, 1.54) is 0 Å². The molecule has 2 N–H and O–H groups in total. The Labute approximate surface area is 111 Å². The van der Waals surface area contributed by atoms with E-state index in [-0.39, 0.29) is 11.5 Å². The van der Waals surface area contributed by atoms with E-state index in [1.54, 1.807) is 48.5 Å². The first kappa shape index (κ1) is 13.1. The Balaban J connectivity index is 1.71. The molecule has 0 saturated carbocycles. The SMILES string of the molecule is Oc1ccccc1OCCCOc1ccccc1O. The van der Waals surface area contributed by atoms with Crippen LogP contribution in [0.15, 0.2) is 48.5 Å². The van der Waals surface area contributed by atoms with Gasteiger partial charge in [0.25, 0.3) is 0 Å². The third kappa shape index (κ3) is 3.81. The van der Waals surface area contributed by atoms with Gasteiger partial charge in [0, 0.05) is 6.42 Å². The zero-order valence-corrected chi connectivity index (χ0v) is 10.5. The fraction of sp³-hybridized carbons (Fsp3) is 0.200. The standard InChI is InChI=1S/C15H16O4/c16-12-6-1-3-8-14(12)18-10-5-11-19-15-9-4-2-7-13(15)17/h1-4,6-9,16-17H,5,10-11H2. The molecule has 0 aromatic heterocycles. The van der Waals surface area contributed by atoms with Crippen molar-refractivity contribution in [2.75, 3.05) is 13.2 Å². The summed E-state index contributed by atoms with van der Waals surface area (Å²) in [5.41, 5.74) is 0. The number of benzene rings is 2. The molecule has 0 aliphatic heterocycles. The van der Waals surface area contributed by atoms with Crippen molar-refractivity contribution in [2.24, 2.45) is 0 Å². The van der Waals surface area contributed by atoms with Crippen LogP contribution >= 0.6 is 0 Å². The molecule has 0 heterocycles. The summed E-state index contributed by atoms with van der Waals surface area (Å²) in [5.74, 6) is 1.18. The minimum absolute atomic E-state index is 0.129. The van der Waals surface area contributed by atoms with Crippen LogP contribution in [0.4, 0.5) is 0 Å². The van der Waals surface area contributed by atoms with Crippen molar-refractivity contribution < 1.29 is 19.7 Å². The number of ether oxygens (including phenoxy) is 2. The highest BCUT2D eigenvalue weighted by atomic mass is 16.5. The lowest BCUT2D eigenvalue weighted by molar-refractivity contribution is 0.236. The van der Waals surface area contributed by atoms with Crippen molar-refractivity contribution >= 4 is 0 Å². The molecule has 19 heavy (non-hydrogen) atoms. The van der Waals surface area contributed by atoms with Gasteiger partial charge in [0.1, 0.15) is 0 Å². The highest BCUT2D eigenvalue weighted by Gasteiger charge is 2.01. The van der Waals surface area contributed by atoms with Crippen LogP contribution < -0.4 is 9.47 Å². The molecule has 2 aromatic carbocycles. The maximum Gasteiger partial charge on any atom is 0.160 e. The number of para-hydroxylation sites is 4. The van der Waals surface area contributed by atoms with E-state index in [2.05, 4.69) is 0 Å². The Bertz CT molecular complexity index is 478. The third-order valence-electron chi connectivity index (χ3n) is 2.53. The van der Waals surface area contributed by atoms with E-state index in [0.717, 1.165) is 0 Å². The van der Waals surface area contributed by atoms with Gasteiger partial charge in [0.15, 0.2) is 23.0 Å². The predicted octanol–water partition coefficient (Wildman–Crippen LogP) is 2.95. The predicted molar refractivity (Wildman–Crippen MR) is 71.8 cm³/mol. The average molecular weight is 260 g/mol. The van der Waals surface area contributed by atoms with E-state index in [9.17, 15) is 10.2 Å². The number of phenolic OH excluding ortho intramolecular Hbond substituents is 2. The first-order valence-corrected chi connectivity index (χ1v) is 6.09. The van der Waals surface area contributed by atoms with Crippen LogP contribution in [0.1, 0.15) is 6.42 Å². The van der Waals surface area contributed by atoms with Gasteiger partial charge in [-0.15, -0.1) is 0 Å². The number of phenols is 2. The summed E-state index contributed by atoms with van der Waals surface area (Å²) in [6.45, 7) is 0.871. The van der Waals surface area contributed by atoms with E-state index in [0.29, 0.717) is 31.1 Å². The summed E-state index contributed by atoms with van der Waals surface area (Å²) in [6, 6.07) is 13.6. The van der Waals surface area contributed by atoms with E-state index < -0.39 is 0 Å². The zero-order valence-electron chi connectivity index (χ0n) is 10.5. The Kier molecular flexibility index (Phi) is 4.50. The third-order valence-corrected chi connectivity index (χ3v) is 2.53. The number of hydrogen-bond donors (Lipinski definition) is 2. The first-order chi connectivity index (χ1) is 9.27. The summed E-state index contributed by atoms with van der Waals surface area (Å²) in [4.78, 5) is 0. The monoisotopic (exact) mass is 260 g/mol. The van der Waals surface area contributed by atoms with Crippen LogP contribution in [-0.4, -0.2) is 23.4 Å². The molecule has 0 aliphatic carbocycles. The maximum absolute atomic E-state index is 9.49. The Morgan fingerprint density at radius 3 is 1.53 bits per heavy atom. The highest BCUT2D eigenvalue weighted by molar-refractivity contribution is 5.38. The molecule has 0 atom stereocenters. The molecule has 0 radical (unpaired) electrons. The Hall–Kier alpha value is -2.36. The van der Waals surface area contributed by atoms with Gasteiger partial charge in [0.05, 0.1) is 13.2 Å². The van der Waals surface area contributed by atoms with Crippen molar-refractivity contribution in [3.8, 4) is 23.0 Å². The molecule has 0 bridgehead atoms. The van der Waals surface area contributed by atoms with Gasteiger partial charge in [-0.3, -0.25) is 0 Å². The van der Waals surface area contributed by atoms with Crippen LogP contribution in [0.3, 0.4) is 0 Å². The fourth-order valence-corrected chi connectivity index (χ4v) is 1.58. The maximum atomic E-state index is 9.49. The van der Waals surface area contributed by atoms with Gasteiger partial charge in [-0.25, -0.2) is 0 Å². The lowest BCUT2D eigenvalue weighted by atomic mass is 10.3. The van der Waals surface area contributed by atoms with Gasteiger partial charge in [-0.05, 0) is 24.3 Å². The van der Waals surface area contributed by atoms with Crippen molar-refractivity contribution in [2.45, 2.75) is 6.42 Å². The molecular weight excluding hydrogens is 244 g/mol. The van der Waals surface area contributed by atoms with Crippen LogP contribution in [0.2, 0.25) is 0 Å². The molecule has 2 aromatic rings. The van der Waals surface area contributed by atoms with Crippen LogP contribution in [0.5, 0.6) is 23.0 Å². The van der Waals surface area contributed by atoms with Crippen molar-refractivity contribution in [1.82, 2.24) is 0 Å². The molecule has 0 unspecified atom stereocenters. The summed E-state index contributed by atoms with van der Waals surface area (Å²) in [6.07, 6.45) is 0.655. The largest absolute Gasteiger partial charge is 0.504 e. The molecule has 0 aliphatic rings. The second-order valence-corrected chi connectivity index (χ2v) is 3.99. The highest BCUT2D eigenvalue weighted by Crippen LogP contribution is 2.25. The smallest absolute Gasteiger partial charge is 0.160 e. The summed E-state index contributed by atoms with van der Waals surface area (Å²) in [7, 11) is 0. The molecule has 100 valence electrons. The Morgan fingerprint density at radius 1 is 0.684 bits per heavy atom. The number of rotatable bonds is 6. The molecule has 0 amide bonds. The van der Waals surface area contributed by atoms with Crippen molar-refractivity contribution in [1.29, 1.82) is 0 Å². The molecule has 0 fully saturated rings. The van der Waals surface area contributed by atoms with E-state index >= 15 is 0 Å². The normalized spacial score (nSPS) is 10.1. The van der Waals surface area contributed by atoms with E-state index in [4.69, 9.17) is 9.47 Å². The van der Waals surface area contributed by atoms with E-state index in [1.807, 2.05) is 0 Å². The fourth-order valence-electron chi connectivity index (χ4n) is 1.58. The molecular formula is C15H16O4. The minimum atomic E-state index is 0.129. The van der Waals surface area contributed by atoms with Crippen LogP contribution in [-0.2, 0) is 0 Å². The molecule has 4 nitrogen and oxygen atoms in total. The molecule has 0 saturated heterocycles. The molecule has 0 spiro atoms. The van der Waals surface area contributed by atoms with Gasteiger partial charge < -0.3 is 19.7 Å². The second kappa shape index (κ2) is 6.54. The summed E-state index contributed by atoms with van der Waals surface area (Å²) in [5, 5.41) is 19.0. The van der Waals surface area contributed by atoms with Gasteiger partial charge in [-0.2, -0.15) is 0 Å². The van der Waals surface area contributed by atoms with Crippen molar-refractivity contribution in [3.63, 3.8) is 0 Å². The lowest BCUT2D eigenvalue weighted by Crippen LogP contribution is -2.05. The Morgan fingerprint density at radius 2 is 1.11 bits per heavy atom. The van der Waals surface area contributed by atoms with Crippen molar-refractivity contribution in [3.05, 3.63) is 48.5 Å². The van der Waals surface area contributed by atoms with Crippen LogP contribution in [0, 0.1) is 0 Å². The second-order valence-electron chi connectivity index (χ2n) is 3.99. The zero-order chi connectivity index (χ0) is 13.5. The molecule has 4 heteroatoms. The number of aromatic hydroxyl groups is 2. The summed E-state index contributed by atoms with van der Waals surface area (Å²) >= 11 is 0. The topological polar surface area (TPSA) is 58.9 Å². The quantitative estimate of drug-likeness (QED) is 0.784. The molecule has 2 rings (SSSR count). The van der Waals surface area contributed by atoms with Gasteiger partial charge in [0.2, 0.25) is 0 Å². The van der Waals surface area contributed by atoms with Gasteiger partial charge >= 0.3 is 0 Å². The minimum Gasteiger partial charge on any atom is -0.504 e.